The smallest absolute Gasteiger partial charge is 0.256 e. The van der Waals surface area contributed by atoms with Crippen LogP contribution in [0.5, 0.6) is 0 Å². The Morgan fingerprint density at radius 3 is 2.67 bits per heavy atom. The van der Waals surface area contributed by atoms with E-state index in [1.54, 1.807) is 17.8 Å². The lowest BCUT2D eigenvalue weighted by atomic mass is 10.2. The zero-order chi connectivity index (χ0) is 15.2. The number of benzene rings is 2. The molecule has 0 bridgehead atoms. The third-order valence-corrected chi connectivity index (χ3v) is 3.86. The van der Waals surface area contributed by atoms with Crippen molar-refractivity contribution < 1.29 is 4.79 Å². The van der Waals surface area contributed by atoms with Gasteiger partial charge in [-0.1, -0.05) is 38.0 Å². The highest BCUT2D eigenvalue weighted by atomic mass is 32.2. The second-order valence-corrected chi connectivity index (χ2v) is 6.46. The largest absolute Gasteiger partial charge is 0.322 e. The predicted molar refractivity (Wildman–Crippen MR) is 89.8 cm³/mol. The van der Waals surface area contributed by atoms with Crippen LogP contribution < -0.4 is 5.32 Å². The molecule has 2 aromatic rings. The lowest BCUT2D eigenvalue weighted by Crippen LogP contribution is -2.13. The molecule has 0 unspecified atom stereocenters. The molecule has 106 valence electrons. The molecule has 0 fully saturated rings. The third kappa shape index (κ3) is 4.14. The summed E-state index contributed by atoms with van der Waals surface area (Å²) in [6.07, 6.45) is 5.37. The predicted octanol–water partition coefficient (Wildman–Crippen LogP) is 4.42. The minimum absolute atomic E-state index is 0.118. The van der Waals surface area contributed by atoms with Gasteiger partial charge in [0, 0.05) is 21.4 Å². The highest BCUT2D eigenvalue weighted by Crippen LogP contribution is 2.27. The maximum atomic E-state index is 12.4. The summed E-state index contributed by atoms with van der Waals surface area (Å²) in [6, 6.07) is 14.9. The van der Waals surface area contributed by atoms with Gasteiger partial charge in [-0.05, 0) is 30.3 Å². The van der Waals surface area contributed by atoms with Crippen LogP contribution in [-0.4, -0.2) is 11.2 Å². The van der Waals surface area contributed by atoms with Crippen molar-refractivity contribution in [1.82, 2.24) is 0 Å². The molecule has 0 aliphatic heterocycles. The van der Waals surface area contributed by atoms with E-state index in [0.29, 0.717) is 16.5 Å². The second-order valence-electron chi connectivity index (χ2n) is 4.84. The van der Waals surface area contributed by atoms with Gasteiger partial charge < -0.3 is 5.32 Å². The number of anilines is 1. The van der Waals surface area contributed by atoms with Crippen LogP contribution in [0, 0.1) is 12.3 Å². The normalized spacial score (nSPS) is 10.2. The van der Waals surface area contributed by atoms with Crippen LogP contribution in [0.3, 0.4) is 0 Å². The van der Waals surface area contributed by atoms with Crippen LogP contribution in [0.25, 0.3) is 0 Å². The lowest BCUT2D eigenvalue weighted by molar-refractivity contribution is 0.102. The summed E-state index contributed by atoms with van der Waals surface area (Å²) in [5.74, 6) is 2.44. The maximum absolute atomic E-state index is 12.4. The fourth-order valence-electron chi connectivity index (χ4n) is 1.90. The maximum Gasteiger partial charge on any atom is 0.256 e. The average Bonchev–Trinajstić information content (AvgIpc) is 2.47. The molecule has 2 aromatic carbocycles. The van der Waals surface area contributed by atoms with Crippen molar-refractivity contribution in [3.8, 4) is 12.3 Å². The van der Waals surface area contributed by atoms with Crippen molar-refractivity contribution in [1.29, 1.82) is 0 Å². The van der Waals surface area contributed by atoms with E-state index < -0.39 is 0 Å². The fourth-order valence-corrected chi connectivity index (χ4v) is 2.85. The van der Waals surface area contributed by atoms with Gasteiger partial charge in [0.1, 0.15) is 0 Å². The zero-order valence-electron chi connectivity index (χ0n) is 12.1. The Morgan fingerprint density at radius 1 is 1.19 bits per heavy atom. The number of rotatable bonds is 4. The van der Waals surface area contributed by atoms with E-state index in [1.807, 2.05) is 42.5 Å². The van der Waals surface area contributed by atoms with Crippen LogP contribution in [-0.2, 0) is 0 Å². The van der Waals surface area contributed by atoms with Gasteiger partial charge in [-0.3, -0.25) is 4.79 Å². The van der Waals surface area contributed by atoms with E-state index in [9.17, 15) is 4.79 Å². The summed E-state index contributed by atoms with van der Waals surface area (Å²) in [6.45, 7) is 4.21. The molecule has 0 heterocycles. The highest BCUT2D eigenvalue weighted by Gasteiger charge is 2.12. The number of hydrogen-bond donors (Lipinski definition) is 1. The Labute approximate surface area is 130 Å². The first-order valence-electron chi connectivity index (χ1n) is 6.74. The summed E-state index contributed by atoms with van der Waals surface area (Å²) in [5.41, 5.74) is 2.14. The molecule has 3 heteroatoms. The molecule has 0 radical (unpaired) electrons. The van der Waals surface area contributed by atoms with Crippen molar-refractivity contribution in [2.24, 2.45) is 0 Å². The molecule has 0 aromatic heterocycles. The van der Waals surface area contributed by atoms with E-state index in [4.69, 9.17) is 6.42 Å². The molecule has 0 atom stereocenters. The van der Waals surface area contributed by atoms with E-state index >= 15 is 0 Å². The minimum atomic E-state index is -0.118. The first-order valence-corrected chi connectivity index (χ1v) is 7.62. The molecule has 0 spiro atoms. The summed E-state index contributed by atoms with van der Waals surface area (Å²) < 4.78 is 0. The average molecular weight is 295 g/mol. The standard InChI is InChI=1S/C18H17NOS/c1-4-14-8-7-9-15(12-14)19-18(20)16-10-5-6-11-17(16)21-13(2)3/h1,5-13H,2-3H3,(H,19,20). The molecule has 0 aliphatic carbocycles. The van der Waals surface area contributed by atoms with Crippen LogP contribution >= 0.6 is 11.8 Å². The molecule has 2 nitrogen and oxygen atoms in total. The fraction of sp³-hybridized carbons (Fsp3) is 0.167. The summed E-state index contributed by atoms with van der Waals surface area (Å²) in [7, 11) is 0. The first kappa shape index (κ1) is 15.2. The van der Waals surface area contributed by atoms with Gasteiger partial charge in [-0.2, -0.15) is 0 Å². The van der Waals surface area contributed by atoms with E-state index in [1.165, 1.54) is 0 Å². The molecule has 2 rings (SSSR count). The number of thioether (sulfide) groups is 1. The first-order chi connectivity index (χ1) is 10.1. The SMILES string of the molecule is C#Cc1cccc(NC(=O)c2ccccc2SC(C)C)c1. The van der Waals surface area contributed by atoms with Gasteiger partial charge >= 0.3 is 0 Å². The van der Waals surface area contributed by atoms with Crippen molar-refractivity contribution in [3.05, 3.63) is 59.7 Å². The Balaban J connectivity index is 2.22. The highest BCUT2D eigenvalue weighted by molar-refractivity contribution is 8.00. The van der Waals surface area contributed by atoms with Crippen LogP contribution in [0.15, 0.2) is 53.4 Å². The number of carbonyl (C=O) groups excluding carboxylic acids is 1. The lowest BCUT2D eigenvalue weighted by Gasteiger charge is -2.11. The van der Waals surface area contributed by atoms with Crippen LogP contribution in [0.1, 0.15) is 29.8 Å². The Hall–Kier alpha value is -2.18. The van der Waals surface area contributed by atoms with Gasteiger partial charge in [-0.25, -0.2) is 0 Å². The van der Waals surface area contributed by atoms with Gasteiger partial charge in [0.2, 0.25) is 0 Å². The molecule has 21 heavy (non-hydrogen) atoms. The summed E-state index contributed by atoms with van der Waals surface area (Å²) in [5, 5.41) is 3.32. The van der Waals surface area contributed by atoms with Gasteiger partial charge in [0.05, 0.1) is 5.56 Å². The van der Waals surface area contributed by atoms with E-state index in [2.05, 4.69) is 25.1 Å². The number of carbonyl (C=O) groups is 1. The minimum Gasteiger partial charge on any atom is -0.322 e. The zero-order valence-corrected chi connectivity index (χ0v) is 12.9. The van der Waals surface area contributed by atoms with Gasteiger partial charge in [-0.15, -0.1) is 18.2 Å². The quantitative estimate of drug-likeness (QED) is 0.668. The van der Waals surface area contributed by atoms with Crippen molar-refractivity contribution in [2.75, 3.05) is 5.32 Å². The van der Waals surface area contributed by atoms with E-state index in [0.717, 1.165) is 10.5 Å². The molecular weight excluding hydrogens is 278 g/mol. The Bertz CT molecular complexity index is 686. The monoisotopic (exact) mass is 295 g/mol. The number of hydrogen-bond acceptors (Lipinski definition) is 2. The topological polar surface area (TPSA) is 29.1 Å². The van der Waals surface area contributed by atoms with Crippen LogP contribution in [0.2, 0.25) is 0 Å². The molecule has 0 aliphatic rings. The van der Waals surface area contributed by atoms with Gasteiger partial charge in [0.25, 0.3) is 5.91 Å². The van der Waals surface area contributed by atoms with Crippen molar-refractivity contribution in [2.45, 2.75) is 24.0 Å². The molecule has 1 amide bonds. The number of terminal acetylenes is 1. The van der Waals surface area contributed by atoms with E-state index in [-0.39, 0.29) is 5.91 Å². The van der Waals surface area contributed by atoms with Crippen molar-refractivity contribution >= 4 is 23.4 Å². The molecule has 1 N–H and O–H groups in total. The third-order valence-electron chi connectivity index (χ3n) is 2.78. The van der Waals surface area contributed by atoms with Gasteiger partial charge in [0.15, 0.2) is 0 Å². The number of nitrogens with one attached hydrogen (secondary N) is 1. The molecular formula is C18H17NOS. The second kappa shape index (κ2) is 7.01. The van der Waals surface area contributed by atoms with Crippen LogP contribution in [0.4, 0.5) is 5.69 Å². The van der Waals surface area contributed by atoms with Crippen molar-refractivity contribution in [3.63, 3.8) is 0 Å². The molecule has 0 saturated heterocycles. The summed E-state index contributed by atoms with van der Waals surface area (Å²) >= 11 is 1.68. The Morgan fingerprint density at radius 2 is 1.95 bits per heavy atom. The Kier molecular flexibility index (Phi) is 5.08. The molecule has 0 saturated carbocycles. The number of amides is 1. The summed E-state index contributed by atoms with van der Waals surface area (Å²) in [4.78, 5) is 13.4.